The number of amides is 1. The molecule has 6 nitrogen and oxygen atoms in total. The molecule has 0 saturated carbocycles. The van der Waals surface area contributed by atoms with Crippen LogP contribution in [0.3, 0.4) is 0 Å². The van der Waals surface area contributed by atoms with Crippen molar-refractivity contribution in [3.05, 3.63) is 53.9 Å². The van der Waals surface area contributed by atoms with E-state index < -0.39 is 0 Å². The molecule has 0 aliphatic heterocycles. The molecule has 0 bridgehead atoms. The van der Waals surface area contributed by atoms with E-state index in [1.54, 1.807) is 18.3 Å². The second-order valence-electron chi connectivity index (χ2n) is 5.02. The number of thiophene rings is 1. The molecule has 23 heavy (non-hydrogen) atoms. The Balaban J connectivity index is 1.66. The number of anilines is 1. The van der Waals surface area contributed by atoms with Crippen molar-refractivity contribution in [1.29, 1.82) is 0 Å². The molecule has 0 aliphatic rings. The predicted octanol–water partition coefficient (Wildman–Crippen LogP) is 3.84. The number of carbonyl (C=O) groups excluding carboxylic acids is 1. The average molecular weight is 324 g/mol. The first kappa shape index (κ1) is 13.7. The van der Waals surface area contributed by atoms with Crippen molar-refractivity contribution < 1.29 is 9.21 Å². The van der Waals surface area contributed by atoms with E-state index in [1.165, 1.54) is 11.3 Å². The normalized spacial score (nSPS) is 11.0. The van der Waals surface area contributed by atoms with E-state index in [9.17, 15) is 4.79 Å². The largest absolute Gasteiger partial charge is 0.441 e. The quantitative estimate of drug-likeness (QED) is 0.599. The van der Waals surface area contributed by atoms with Gasteiger partial charge >= 0.3 is 0 Å². The number of nitrogens with zero attached hydrogens (tertiary/aromatic N) is 2. The third-order valence-corrected chi connectivity index (χ3v) is 4.47. The van der Waals surface area contributed by atoms with Gasteiger partial charge in [0, 0.05) is 5.56 Å². The van der Waals surface area contributed by atoms with Crippen LogP contribution in [-0.2, 0) is 0 Å². The van der Waals surface area contributed by atoms with Gasteiger partial charge in [0.2, 0.25) is 5.89 Å². The summed E-state index contributed by atoms with van der Waals surface area (Å²) in [5, 5.41) is 9.91. The fourth-order valence-corrected chi connectivity index (χ4v) is 3.23. The van der Waals surface area contributed by atoms with Gasteiger partial charge in [0.15, 0.2) is 5.82 Å². The number of hydrogen-bond donors (Lipinski definition) is 2. The molecule has 0 unspecified atom stereocenters. The second kappa shape index (κ2) is 5.36. The zero-order valence-corrected chi connectivity index (χ0v) is 13.0. The van der Waals surface area contributed by atoms with Gasteiger partial charge in [0.25, 0.3) is 5.91 Å². The van der Waals surface area contributed by atoms with Crippen LogP contribution in [0.2, 0.25) is 0 Å². The number of carbonyl (C=O) groups is 1. The lowest BCUT2D eigenvalue weighted by Crippen LogP contribution is -2.11. The summed E-state index contributed by atoms with van der Waals surface area (Å²) in [4.78, 5) is 17.4. The van der Waals surface area contributed by atoms with Crippen molar-refractivity contribution in [3.63, 3.8) is 0 Å². The number of fused-ring (bicyclic) bond motifs is 1. The summed E-state index contributed by atoms with van der Waals surface area (Å²) in [6, 6.07) is 10.9. The van der Waals surface area contributed by atoms with Gasteiger partial charge < -0.3 is 9.73 Å². The van der Waals surface area contributed by atoms with Gasteiger partial charge in [-0.1, -0.05) is 18.2 Å². The maximum atomic E-state index is 12.2. The summed E-state index contributed by atoms with van der Waals surface area (Å²) in [5.74, 6) is 1.64. The van der Waals surface area contributed by atoms with Crippen LogP contribution in [0.5, 0.6) is 0 Å². The monoisotopic (exact) mass is 324 g/mol. The Kier molecular flexibility index (Phi) is 3.20. The van der Waals surface area contributed by atoms with E-state index in [2.05, 4.69) is 20.5 Å². The van der Waals surface area contributed by atoms with E-state index in [0.29, 0.717) is 17.3 Å². The summed E-state index contributed by atoms with van der Waals surface area (Å²) < 4.78 is 6.40. The molecule has 4 rings (SSSR count). The summed E-state index contributed by atoms with van der Waals surface area (Å²) in [6.45, 7) is 1.85. The molecule has 3 aromatic heterocycles. The van der Waals surface area contributed by atoms with E-state index in [1.807, 2.05) is 31.2 Å². The minimum atomic E-state index is -0.194. The molecule has 7 heteroatoms. The van der Waals surface area contributed by atoms with Crippen LogP contribution < -0.4 is 5.32 Å². The van der Waals surface area contributed by atoms with Crippen molar-refractivity contribution in [2.75, 3.05) is 5.32 Å². The SMILES string of the molecule is Cc1cnc(-c2cc3[nH]nc(NC(=O)c4ccccc4)c3s2)o1. The fraction of sp³-hybridized carbons (Fsp3) is 0.0625. The Hall–Kier alpha value is -2.93. The van der Waals surface area contributed by atoms with Crippen molar-refractivity contribution >= 4 is 33.3 Å². The Bertz CT molecular complexity index is 984. The van der Waals surface area contributed by atoms with Crippen molar-refractivity contribution in [3.8, 4) is 10.8 Å². The minimum absolute atomic E-state index is 0.194. The first-order valence-corrected chi connectivity index (χ1v) is 7.79. The first-order valence-electron chi connectivity index (χ1n) is 6.98. The Morgan fingerprint density at radius 1 is 1.30 bits per heavy atom. The number of oxazole rings is 1. The molecule has 4 aromatic rings. The van der Waals surface area contributed by atoms with Gasteiger partial charge in [-0.25, -0.2) is 4.98 Å². The molecule has 0 aliphatic carbocycles. The van der Waals surface area contributed by atoms with Crippen molar-refractivity contribution in [1.82, 2.24) is 15.2 Å². The first-order chi connectivity index (χ1) is 11.2. The van der Waals surface area contributed by atoms with Crippen LogP contribution in [0, 0.1) is 6.92 Å². The molecule has 114 valence electrons. The molecular weight excluding hydrogens is 312 g/mol. The van der Waals surface area contributed by atoms with Crippen LogP contribution in [0.15, 0.2) is 47.0 Å². The number of hydrogen-bond acceptors (Lipinski definition) is 5. The number of rotatable bonds is 3. The zero-order valence-electron chi connectivity index (χ0n) is 12.2. The smallest absolute Gasteiger partial charge is 0.256 e. The molecule has 1 amide bonds. The zero-order chi connectivity index (χ0) is 15.8. The van der Waals surface area contributed by atoms with Crippen molar-refractivity contribution in [2.24, 2.45) is 0 Å². The highest BCUT2D eigenvalue weighted by molar-refractivity contribution is 7.22. The average Bonchev–Trinajstić information content (AvgIpc) is 3.25. The number of nitrogens with one attached hydrogen (secondary N) is 2. The van der Waals surface area contributed by atoms with Crippen LogP contribution in [0.25, 0.3) is 21.0 Å². The molecule has 0 fully saturated rings. The number of benzene rings is 1. The lowest BCUT2D eigenvalue weighted by molar-refractivity contribution is 0.102. The van der Waals surface area contributed by atoms with Gasteiger partial charge in [0.1, 0.15) is 5.76 Å². The second-order valence-corrected chi connectivity index (χ2v) is 6.07. The van der Waals surface area contributed by atoms with Gasteiger partial charge in [0.05, 0.1) is 21.3 Å². The molecule has 0 radical (unpaired) electrons. The number of aromatic nitrogens is 3. The fourth-order valence-electron chi connectivity index (χ4n) is 2.24. The Labute approximate surface area is 135 Å². The molecule has 0 atom stereocenters. The van der Waals surface area contributed by atoms with Gasteiger partial charge in [-0.3, -0.25) is 9.89 Å². The minimum Gasteiger partial charge on any atom is -0.441 e. The van der Waals surface area contributed by atoms with Crippen LogP contribution in [0.4, 0.5) is 5.82 Å². The lowest BCUT2D eigenvalue weighted by atomic mass is 10.2. The van der Waals surface area contributed by atoms with E-state index in [-0.39, 0.29) is 5.91 Å². The molecule has 0 spiro atoms. The Morgan fingerprint density at radius 2 is 2.13 bits per heavy atom. The molecule has 0 saturated heterocycles. The Morgan fingerprint density at radius 3 is 2.87 bits per heavy atom. The van der Waals surface area contributed by atoms with Gasteiger partial charge in [-0.2, -0.15) is 5.10 Å². The third kappa shape index (κ3) is 2.51. The van der Waals surface area contributed by atoms with Crippen LogP contribution >= 0.6 is 11.3 Å². The summed E-state index contributed by atoms with van der Waals surface area (Å²) >= 11 is 1.47. The maximum Gasteiger partial charge on any atom is 0.256 e. The number of aryl methyl sites for hydroxylation is 1. The van der Waals surface area contributed by atoms with Crippen LogP contribution in [-0.4, -0.2) is 21.1 Å². The summed E-state index contributed by atoms with van der Waals surface area (Å²) in [7, 11) is 0. The van der Waals surface area contributed by atoms with E-state index >= 15 is 0 Å². The lowest BCUT2D eigenvalue weighted by Gasteiger charge is -2.01. The van der Waals surface area contributed by atoms with E-state index in [4.69, 9.17) is 4.42 Å². The van der Waals surface area contributed by atoms with Gasteiger partial charge in [-0.15, -0.1) is 11.3 Å². The van der Waals surface area contributed by atoms with Crippen molar-refractivity contribution in [2.45, 2.75) is 6.92 Å². The van der Waals surface area contributed by atoms with Crippen LogP contribution in [0.1, 0.15) is 16.1 Å². The molecule has 2 N–H and O–H groups in total. The number of H-pyrrole nitrogens is 1. The summed E-state index contributed by atoms with van der Waals surface area (Å²) in [5.41, 5.74) is 1.42. The predicted molar refractivity (Wildman–Crippen MR) is 88.6 cm³/mol. The molecule has 1 aromatic carbocycles. The molecular formula is C16H12N4O2S. The molecule has 3 heterocycles. The highest BCUT2D eigenvalue weighted by atomic mass is 32.1. The van der Waals surface area contributed by atoms with Gasteiger partial charge in [-0.05, 0) is 25.1 Å². The highest BCUT2D eigenvalue weighted by Crippen LogP contribution is 2.36. The number of aromatic amines is 1. The third-order valence-electron chi connectivity index (χ3n) is 3.34. The topological polar surface area (TPSA) is 83.8 Å². The summed E-state index contributed by atoms with van der Waals surface area (Å²) in [6.07, 6.45) is 1.68. The standard InChI is InChI=1S/C16H12N4O2S/c1-9-8-17-16(22-9)12-7-11-13(23-12)14(20-19-11)18-15(21)10-5-3-2-4-6-10/h2-8H,1H3,(H2,18,19,20,21). The maximum absolute atomic E-state index is 12.2. The highest BCUT2D eigenvalue weighted by Gasteiger charge is 2.16. The van der Waals surface area contributed by atoms with E-state index in [0.717, 1.165) is 20.9 Å².